The van der Waals surface area contributed by atoms with Crippen LogP contribution in [-0.4, -0.2) is 6.61 Å². The van der Waals surface area contributed by atoms with Gasteiger partial charge in [0.25, 0.3) is 0 Å². The molecule has 0 aromatic carbocycles. The molecule has 0 aromatic heterocycles. The normalized spacial score (nSPS) is 12.5. The van der Waals surface area contributed by atoms with Gasteiger partial charge in [-0.15, -0.1) is 0 Å². The van der Waals surface area contributed by atoms with Crippen molar-refractivity contribution in [1.82, 2.24) is 0 Å². The molecule has 0 saturated heterocycles. The molecule has 0 aliphatic rings. The third-order valence-electron chi connectivity index (χ3n) is 1.11. The first kappa shape index (κ1) is 9.28. The minimum Gasteiger partial charge on any atom is -0.494 e. The minimum atomic E-state index is 0.744. The first-order valence-corrected chi connectivity index (χ1v) is 3.80. The maximum Gasteiger partial charge on any atom is 0.114 e. The molecule has 0 aliphatic carbocycles. The molecule has 0 spiro atoms. The van der Waals surface area contributed by atoms with Gasteiger partial charge in [0.15, 0.2) is 0 Å². The van der Waals surface area contributed by atoms with Crippen molar-refractivity contribution in [2.45, 2.75) is 27.2 Å². The number of allylic oxidation sites excluding steroid dienone is 3. The molecule has 0 bridgehead atoms. The molecule has 0 aromatic rings. The summed E-state index contributed by atoms with van der Waals surface area (Å²) in [6.45, 7) is 6.82. The molecule has 0 heterocycles. The summed E-state index contributed by atoms with van der Waals surface area (Å²) in [5.41, 5.74) is 0. The van der Waals surface area contributed by atoms with Crippen LogP contribution in [0.25, 0.3) is 0 Å². The lowest BCUT2D eigenvalue weighted by molar-refractivity contribution is 0.242. The second-order valence-electron chi connectivity index (χ2n) is 1.93. The molecular weight excluding hydrogens is 124 g/mol. The Morgan fingerprint density at radius 3 is 2.50 bits per heavy atom. The van der Waals surface area contributed by atoms with E-state index >= 15 is 0 Å². The predicted molar refractivity (Wildman–Crippen MR) is 44.8 cm³/mol. The zero-order valence-corrected chi connectivity index (χ0v) is 7.05. The van der Waals surface area contributed by atoms with Crippen LogP contribution in [0, 0.1) is 0 Å². The summed E-state index contributed by atoms with van der Waals surface area (Å²) in [6, 6.07) is 0. The highest BCUT2D eigenvalue weighted by Crippen LogP contribution is 1.99. The van der Waals surface area contributed by atoms with Crippen molar-refractivity contribution < 1.29 is 4.74 Å². The molecule has 10 heavy (non-hydrogen) atoms. The summed E-state index contributed by atoms with van der Waals surface area (Å²) in [6.07, 6.45) is 7.12. The molecular formula is C9H16O. The van der Waals surface area contributed by atoms with Gasteiger partial charge in [0.2, 0.25) is 0 Å². The topological polar surface area (TPSA) is 9.23 Å². The molecule has 1 nitrogen and oxygen atoms in total. The predicted octanol–water partition coefficient (Wildman–Crippen LogP) is 2.89. The first-order valence-electron chi connectivity index (χ1n) is 3.80. The van der Waals surface area contributed by atoms with Crippen molar-refractivity contribution in [3.8, 4) is 0 Å². The van der Waals surface area contributed by atoms with Gasteiger partial charge in [-0.05, 0) is 32.4 Å². The molecule has 0 rings (SSSR count). The fourth-order valence-corrected chi connectivity index (χ4v) is 0.628. The van der Waals surface area contributed by atoms with E-state index in [1.807, 2.05) is 26.0 Å². The van der Waals surface area contributed by atoms with E-state index in [-0.39, 0.29) is 0 Å². The van der Waals surface area contributed by atoms with Crippen molar-refractivity contribution in [3.63, 3.8) is 0 Å². The van der Waals surface area contributed by atoms with Crippen LogP contribution < -0.4 is 0 Å². The van der Waals surface area contributed by atoms with Gasteiger partial charge in [0.1, 0.15) is 5.76 Å². The molecule has 0 saturated carbocycles. The Labute approximate surface area is 63.4 Å². The van der Waals surface area contributed by atoms with E-state index in [4.69, 9.17) is 4.74 Å². The Balaban J connectivity index is 3.72. The van der Waals surface area contributed by atoms with Crippen LogP contribution >= 0.6 is 0 Å². The summed E-state index contributed by atoms with van der Waals surface area (Å²) < 4.78 is 5.27. The number of rotatable bonds is 4. The van der Waals surface area contributed by atoms with E-state index in [9.17, 15) is 0 Å². The SMILES string of the molecule is C/C=C(/C=C/CC)OCC. The molecule has 0 N–H and O–H groups in total. The molecule has 0 aliphatic heterocycles. The van der Waals surface area contributed by atoms with Gasteiger partial charge >= 0.3 is 0 Å². The highest BCUT2D eigenvalue weighted by molar-refractivity contribution is 5.10. The number of ether oxygens (including phenoxy) is 1. The van der Waals surface area contributed by atoms with Crippen LogP contribution in [0.15, 0.2) is 24.0 Å². The second-order valence-corrected chi connectivity index (χ2v) is 1.93. The monoisotopic (exact) mass is 140 g/mol. The van der Waals surface area contributed by atoms with Crippen molar-refractivity contribution in [1.29, 1.82) is 0 Å². The summed E-state index contributed by atoms with van der Waals surface area (Å²) in [5.74, 6) is 0.962. The number of hydrogen-bond donors (Lipinski definition) is 0. The largest absolute Gasteiger partial charge is 0.494 e. The summed E-state index contributed by atoms with van der Waals surface area (Å²) in [7, 11) is 0. The van der Waals surface area contributed by atoms with Crippen LogP contribution in [0.3, 0.4) is 0 Å². The molecule has 0 radical (unpaired) electrons. The quantitative estimate of drug-likeness (QED) is 0.431. The van der Waals surface area contributed by atoms with E-state index < -0.39 is 0 Å². The Kier molecular flexibility index (Phi) is 5.94. The van der Waals surface area contributed by atoms with E-state index in [0.29, 0.717) is 0 Å². The van der Waals surface area contributed by atoms with Crippen molar-refractivity contribution >= 4 is 0 Å². The molecule has 1 heteroatoms. The Hall–Kier alpha value is -0.720. The van der Waals surface area contributed by atoms with Crippen molar-refractivity contribution in [2.24, 2.45) is 0 Å². The number of hydrogen-bond acceptors (Lipinski definition) is 1. The zero-order chi connectivity index (χ0) is 7.82. The molecule has 0 fully saturated rings. The van der Waals surface area contributed by atoms with Crippen LogP contribution in [0.4, 0.5) is 0 Å². The average Bonchev–Trinajstić information content (AvgIpc) is 1.98. The third-order valence-corrected chi connectivity index (χ3v) is 1.11. The molecule has 0 amide bonds. The summed E-state index contributed by atoms with van der Waals surface area (Å²) in [4.78, 5) is 0. The van der Waals surface area contributed by atoms with Gasteiger partial charge in [-0.2, -0.15) is 0 Å². The average molecular weight is 140 g/mol. The maximum atomic E-state index is 5.27. The highest BCUT2D eigenvalue weighted by atomic mass is 16.5. The van der Waals surface area contributed by atoms with Gasteiger partial charge in [0.05, 0.1) is 6.61 Å². The summed E-state index contributed by atoms with van der Waals surface area (Å²) >= 11 is 0. The second kappa shape index (κ2) is 6.40. The van der Waals surface area contributed by atoms with Crippen molar-refractivity contribution in [3.05, 3.63) is 24.0 Å². The zero-order valence-electron chi connectivity index (χ0n) is 7.05. The Bertz CT molecular complexity index is 123. The minimum absolute atomic E-state index is 0.744. The fourth-order valence-electron chi connectivity index (χ4n) is 0.628. The first-order chi connectivity index (χ1) is 4.85. The molecule has 0 atom stereocenters. The Morgan fingerprint density at radius 1 is 1.40 bits per heavy atom. The lowest BCUT2D eigenvalue weighted by atomic mass is 10.3. The van der Waals surface area contributed by atoms with Gasteiger partial charge in [-0.25, -0.2) is 0 Å². The van der Waals surface area contributed by atoms with Crippen LogP contribution in [0.5, 0.6) is 0 Å². The van der Waals surface area contributed by atoms with Crippen molar-refractivity contribution in [2.75, 3.05) is 6.61 Å². The maximum absolute atomic E-state index is 5.27. The van der Waals surface area contributed by atoms with Gasteiger partial charge in [0, 0.05) is 0 Å². The van der Waals surface area contributed by atoms with Gasteiger partial charge in [-0.1, -0.05) is 13.0 Å². The summed E-state index contributed by atoms with van der Waals surface area (Å²) in [5, 5.41) is 0. The van der Waals surface area contributed by atoms with Crippen LogP contribution in [0.1, 0.15) is 27.2 Å². The Morgan fingerprint density at radius 2 is 2.10 bits per heavy atom. The fraction of sp³-hybridized carbons (Fsp3) is 0.556. The van der Waals surface area contributed by atoms with E-state index in [2.05, 4.69) is 13.0 Å². The van der Waals surface area contributed by atoms with E-state index in [1.54, 1.807) is 0 Å². The molecule has 58 valence electrons. The molecule has 0 unspecified atom stereocenters. The van der Waals surface area contributed by atoms with E-state index in [1.165, 1.54) is 0 Å². The van der Waals surface area contributed by atoms with Crippen LogP contribution in [-0.2, 0) is 4.74 Å². The van der Waals surface area contributed by atoms with Crippen LogP contribution in [0.2, 0.25) is 0 Å². The van der Waals surface area contributed by atoms with E-state index in [0.717, 1.165) is 18.8 Å². The lowest BCUT2D eigenvalue weighted by Gasteiger charge is -2.00. The smallest absolute Gasteiger partial charge is 0.114 e. The highest BCUT2D eigenvalue weighted by Gasteiger charge is 1.84. The lowest BCUT2D eigenvalue weighted by Crippen LogP contribution is -1.86. The van der Waals surface area contributed by atoms with Gasteiger partial charge < -0.3 is 4.74 Å². The third kappa shape index (κ3) is 4.19. The standard InChI is InChI=1S/C9H16O/c1-4-7-8-9(5-2)10-6-3/h5,7-8H,4,6H2,1-3H3/b8-7+,9-5-. The van der Waals surface area contributed by atoms with Gasteiger partial charge in [-0.3, -0.25) is 0 Å².